The SMILES string of the molecule is COc1ccc([C@@H](c2ccccc2)C(C)(C)C(=O)NC2CCCC2)cc1. The first-order valence-electron chi connectivity index (χ1n) is 9.52. The van der Waals surface area contributed by atoms with E-state index in [1.165, 1.54) is 12.8 Å². The molecule has 0 heterocycles. The highest BCUT2D eigenvalue weighted by molar-refractivity contribution is 5.84. The maximum absolute atomic E-state index is 13.2. The topological polar surface area (TPSA) is 38.3 Å². The van der Waals surface area contributed by atoms with Crippen LogP contribution in [0, 0.1) is 5.41 Å². The van der Waals surface area contributed by atoms with Crippen molar-refractivity contribution in [1.82, 2.24) is 5.32 Å². The Morgan fingerprint density at radius 2 is 1.58 bits per heavy atom. The molecule has 0 saturated heterocycles. The summed E-state index contributed by atoms with van der Waals surface area (Å²) in [7, 11) is 1.67. The number of rotatable bonds is 6. The molecule has 1 aliphatic carbocycles. The van der Waals surface area contributed by atoms with E-state index in [0.29, 0.717) is 6.04 Å². The van der Waals surface area contributed by atoms with Crippen molar-refractivity contribution in [2.45, 2.75) is 51.5 Å². The molecule has 0 radical (unpaired) electrons. The molecule has 0 bridgehead atoms. The molecule has 1 aliphatic rings. The average molecular weight is 351 g/mol. The van der Waals surface area contributed by atoms with Crippen LogP contribution >= 0.6 is 0 Å². The first-order valence-corrected chi connectivity index (χ1v) is 9.52. The third-order valence-corrected chi connectivity index (χ3v) is 5.58. The number of ether oxygens (including phenoxy) is 1. The van der Waals surface area contributed by atoms with Crippen LogP contribution in [0.15, 0.2) is 54.6 Å². The van der Waals surface area contributed by atoms with Gasteiger partial charge in [0.1, 0.15) is 5.75 Å². The molecule has 26 heavy (non-hydrogen) atoms. The van der Waals surface area contributed by atoms with Gasteiger partial charge in [0, 0.05) is 12.0 Å². The second-order valence-corrected chi connectivity index (χ2v) is 7.79. The lowest BCUT2D eigenvalue weighted by Gasteiger charge is -2.35. The fourth-order valence-electron chi connectivity index (χ4n) is 4.04. The van der Waals surface area contributed by atoms with E-state index in [0.717, 1.165) is 29.7 Å². The zero-order chi connectivity index (χ0) is 18.6. The van der Waals surface area contributed by atoms with Crippen LogP contribution in [0.25, 0.3) is 0 Å². The fraction of sp³-hybridized carbons (Fsp3) is 0.435. The van der Waals surface area contributed by atoms with Gasteiger partial charge >= 0.3 is 0 Å². The van der Waals surface area contributed by atoms with E-state index >= 15 is 0 Å². The molecule has 2 aromatic carbocycles. The van der Waals surface area contributed by atoms with Crippen molar-refractivity contribution in [2.75, 3.05) is 7.11 Å². The zero-order valence-corrected chi connectivity index (χ0v) is 16.0. The van der Waals surface area contributed by atoms with Gasteiger partial charge in [-0.2, -0.15) is 0 Å². The Morgan fingerprint density at radius 3 is 2.15 bits per heavy atom. The summed E-state index contributed by atoms with van der Waals surface area (Å²) in [5, 5.41) is 3.30. The van der Waals surface area contributed by atoms with Crippen molar-refractivity contribution in [3.8, 4) is 5.75 Å². The first kappa shape index (κ1) is 18.5. The van der Waals surface area contributed by atoms with Crippen LogP contribution in [0.1, 0.15) is 56.6 Å². The predicted octanol–water partition coefficient (Wildman–Crippen LogP) is 4.91. The van der Waals surface area contributed by atoms with Crippen LogP contribution in [0.4, 0.5) is 0 Å². The summed E-state index contributed by atoms with van der Waals surface area (Å²) < 4.78 is 5.30. The van der Waals surface area contributed by atoms with E-state index in [2.05, 4.69) is 43.4 Å². The monoisotopic (exact) mass is 351 g/mol. The zero-order valence-electron chi connectivity index (χ0n) is 16.0. The van der Waals surface area contributed by atoms with Crippen molar-refractivity contribution in [2.24, 2.45) is 5.41 Å². The summed E-state index contributed by atoms with van der Waals surface area (Å²) in [5.74, 6) is 0.943. The molecule has 3 heteroatoms. The van der Waals surface area contributed by atoms with Gasteiger partial charge < -0.3 is 10.1 Å². The molecule has 1 fully saturated rings. The summed E-state index contributed by atoms with van der Waals surface area (Å²) in [6, 6.07) is 18.7. The van der Waals surface area contributed by atoms with Crippen molar-refractivity contribution in [3.63, 3.8) is 0 Å². The summed E-state index contributed by atoms with van der Waals surface area (Å²) >= 11 is 0. The quantitative estimate of drug-likeness (QED) is 0.803. The molecule has 3 rings (SSSR count). The van der Waals surface area contributed by atoms with Gasteiger partial charge in [0.2, 0.25) is 5.91 Å². The maximum atomic E-state index is 13.2. The van der Waals surface area contributed by atoms with Gasteiger partial charge in [-0.05, 0) is 36.1 Å². The number of methoxy groups -OCH3 is 1. The number of hydrogen-bond donors (Lipinski definition) is 1. The number of nitrogens with one attached hydrogen (secondary N) is 1. The van der Waals surface area contributed by atoms with Crippen molar-refractivity contribution in [3.05, 3.63) is 65.7 Å². The lowest BCUT2D eigenvalue weighted by Crippen LogP contribution is -2.45. The predicted molar refractivity (Wildman–Crippen MR) is 105 cm³/mol. The lowest BCUT2D eigenvalue weighted by atomic mass is 9.70. The highest BCUT2D eigenvalue weighted by Crippen LogP contribution is 2.42. The minimum absolute atomic E-state index is 0.0176. The minimum atomic E-state index is -0.557. The Balaban J connectivity index is 1.94. The van der Waals surface area contributed by atoms with Crippen LogP contribution in [0.2, 0.25) is 0 Å². The molecule has 1 atom stereocenters. The van der Waals surface area contributed by atoms with Gasteiger partial charge in [0.25, 0.3) is 0 Å². The standard InChI is InChI=1S/C23H29NO2/c1-23(2,22(25)24-19-11-7-8-12-19)21(17-9-5-4-6-10-17)18-13-15-20(26-3)16-14-18/h4-6,9-10,13-16,19,21H,7-8,11-12H2,1-3H3,(H,24,25)/t21-/m1/s1. The van der Waals surface area contributed by atoms with Gasteiger partial charge in [-0.15, -0.1) is 0 Å². The maximum Gasteiger partial charge on any atom is 0.226 e. The lowest BCUT2D eigenvalue weighted by molar-refractivity contribution is -0.130. The average Bonchev–Trinajstić information content (AvgIpc) is 3.16. The molecule has 2 aromatic rings. The summed E-state index contributed by atoms with van der Waals surface area (Å²) in [4.78, 5) is 13.2. The fourth-order valence-corrected chi connectivity index (χ4v) is 4.04. The van der Waals surface area contributed by atoms with E-state index in [-0.39, 0.29) is 11.8 Å². The molecule has 1 saturated carbocycles. The number of carbonyl (C=O) groups excluding carboxylic acids is 1. The van der Waals surface area contributed by atoms with E-state index in [4.69, 9.17) is 4.74 Å². The van der Waals surface area contributed by atoms with Crippen LogP contribution in [-0.4, -0.2) is 19.1 Å². The van der Waals surface area contributed by atoms with Gasteiger partial charge in [0.15, 0.2) is 0 Å². The van der Waals surface area contributed by atoms with E-state index in [1.807, 2.05) is 30.3 Å². The summed E-state index contributed by atoms with van der Waals surface area (Å²) in [6.45, 7) is 4.11. The molecule has 138 valence electrons. The van der Waals surface area contributed by atoms with Crippen molar-refractivity contribution in [1.29, 1.82) is 0 Å². The van der Waals surface area contributed by atoms with E-state index in [9.17, 15) is 4.79 Å². The Kier molecular flexibility index (Phi) is 5.65. The molecular weight excluding hydrogens is 322 g/mol. The molecule has 0 unspecified atom stereocenters. The molecule has 0 aliphatic heterocycles. The van der Waals surface area contributed by atoms with Gasteiger partial charge in [-0.1, -0.05) is 69.2 Å². The van der Waals surface area contributed by atoms with Gasteiger partial charge in [0.05, 0.1) is 12.5 Å². The van der Waals surface area contributed by atoms with E-state index in [1.54, 1.807) is 7.11 Å². The van der Waals surface area contributed by atoms with Crippen molar-refractivity contribution < 1.29 is 9.53 Å². The Morgan fingerprint density at radius 1 is 1.00 bits per heavy atom. The molecule has 0 spiro atoms. The third kappa shape index (κ3) is 3.92. The van der Waals surface area contributed by atoms with Crippen LogP contribution < -0.4 is 10.1 Å². The normalized spacial score (nSPS) is 16.3. The second kappa shape index (κ2) is 7.94. The Labute approximate surface area is 156 Å². The van der Waals surface area contributed by atoms with Crippen LogP contribution in [0.3, 0.4) is 0 Å². The Hall–Kier alpha value is -2.29. The third-order valence-electron chi connectivity index (χ3n) is 5.58. The first-order chi connectivity index (χ1) is 12.5. The molecular formula is C23H29NO2. The van der Waals surface area contributed by atoms with Gasteiger partial charge in [-0.3, -0.25) is 4.79 Å². The second-order valence-electron chi connectivity index (χ2n) is 7.79. The van der Waals surface area contributed by atoms with Crippen molar-refractivity contribution >= 4 is 5.91 Å². The molecule has 0 aromatic heterocycles. The highest BCUT2D eigenvalue weighted by atomic mass is 16.5. The summed E-state index contributed by atoms with van der Waals surface area (Å²) in [6.07, 6.45) is 4.62. The minimum Gasteiger partial charge on any atom is -0.497 e. The van der Waals surface area contributed by atoms with E-state index < -0.39 is 5.41 Å². The molecule has 1 amide bonds. The number of carbonyl (C=O) groups is 1. The van der Waals surface area contributed by atoms with Crippen LogP contribution in [0.5, 0.6) is 5.75 Å². The summed E-state index contributed by atoms with van der Waals surface area (Å²) in [5.41, 5.74) is 1.73. The molecule has 3 nitrogen and oxygen atoms in total. The van der Waals surface area contributed by atoms with Crippen LogP contribution in [-0.2, 0) is 4.79 Å². The molecule has 1 N–H and O–H groups in total. The van der Waals surface area contributed by atoms with Gasteiger partial charge in [-0.25, -0.2) is 0 Å². The number of amides is 1. The number of hydrogen-bond acceptors (Lipinski definition) is 2. The largest absolute Gasteiger partial charge is 0.497 e. The highest BCUT2D eigenvalue weighted by Gasteiger charge is 2.39. The Bertz CT molecular complexity index is 716. The number of benzene rings is 2. The smallest absolute Gasteiger partial charge is 0.226 e.